The van der Waals surface area contributed by atoms with E-state index >= 15 is 0 Å². The Morgan fingerprint density at radius 3 is 2.46 bits per heavy atom. The van der Waals surface area contributed by atoms with Crippen LogP contribution in [-0.4, -0.2) is 90.3 Å². The van der Waals surface area contributed by atoms with Crippen LogP contribution in [0.25, 0.3) is 0 Å². The molecule has 15 heteroatoms. The van der Waals surface area contributed by atoms with E-state index in [9.17, 15) is 32.4 Å². The quantitative estimate of drug-likeness (QED) is 0.354. The highest BCUT2D eigenvalue weighted by molar-refractivity contribution is 7.91. The number of sulfonamides is 1. The number of ether oxygens (including phenoxy) is 2. The van der Waals surface area contributed by atoms with Crippen LogP contribution in [0.15, 0.2) is 30.9 Å². The minimum absolute atomic E-state index is 0.0476. The first-order chi connectivity index (χ1) is 25.0. The molecule has 6 aliphatic rings. The minimum atomic E-state index is -3.90. The second-order valence-electron chi connectivity index (χ2n) is 15.3. The SMILES string of the molecule is C=C[C@H]1C[C@]1(NC(=O)[C@@H]1C[C@@H]2CN1C(=O)[C@H](C1CCCC1)NC(=O)OCCCCCCc1cccc3c1CN(C3)C(=O)O2)C(=O)NS(=O)(=O)C1CC1. The van der Waals surface area contributed by atoms with E-state index in [0.29, 0.717) is 45.2 Å². The van der Waals surface area contributed by atoms with Gasteiger partial charge >= 0.3 is 12.2 Å². The number of rotatable bonds is 7. The number of hydrogen-bond donors (Lipinski definition) is 3. The Hall–Kier alpha value is -4.14. The molecule has 3 aliphatic carbocycles. The first-order valence-electron chi connectivity index (χ1n) is 18.8. The zero-order chi connectivity index (χ0) is 36.6. The van der Waals surface area contributed by atoms with E-state index in [0.717, 1.165) is 49.7 Å². The topological polar surface area (TPSA) is 181 Å². The van der Waals surface area contributed by atoms with Crippen molar-refractivity contribution in [1.82, 2.24) is 25.2 Å². The molecule has 282 valence electrons. The molecule has 0 radical (unpaired) electrons. The normalized spacial score (nSPS) is 30.2. The van der Waals surface area contributed by atoms with E-state index < -0.39 is 74.8 Å². The van der Waals surface area contributed by atoms with Gasteiger partial charge in [0.25, 0.3) is 5.91 Å². The number of carbonyl (C=O) groups excluding carboxylic acids is 5. The molecule has 14 nitrogen and oxygen atoms in total. The Morgan fingerprint density at radius 2 is 1.73 bits per heavy atom. The van der Waals surface area contributed by atoms with Crippen LogP contribution in [-0.2, 0) is 53.4 Å². The summed E-state index contributed by atoms with van der Waals surface area (Å²) in [6.45, 7) is 4.66. The summed E-state index contributed by atoms with van der Waals surface area (Å²) in [5.41, 5.74) is 1.81. The molecular weight excluding hydrogens is 691 g/mol. The number of hydrogen-bond acceptors (Lipinski definition) is 9. The molecule has 1 aromatic carbocycles. The number of aryl methyl sites for hydroxylation is 1. The van der Waals surface area contributed by atoms with E-state index in [1.165, 1.54) is 16.5 Å². The molecule has 3 N–H and O–H groups in total. The summed E-state index contributed by atoms with van der Waals surface area (Å²) < 4.78 is 39.0. The van der Waals surface area contributed by atoms with Crippen LogP contribution in [0.1, 0.15) is 93.7 Å². The Labute approximate surface area is 304 Å². The molecule has 0 unspecified atom stereocenters. The van der Waals surface area contributed by atoms with Gasteiger partial charge in [-0.25, -0.2) is 18.0 Å². The number of fused-ring (bicyclic) bond motifs is 3. The number of benzene rings is 1. The van der Waals surface area contributed by atoms with Crippen molar-refractivity contribution < 1.29 is 41.9 Å². The summed E-state index contributed by atoms with van der Waals surface area (Å²) in [4.78, 5) is 71.8. The minimum Gasteiger partial charge on any atom is -0.450 e. The van der Waals surface area contributed by atoms with Crippen LogP contribution >= 0.6 is 0 Å². The van der Waals surface area contributed by atoms with Gasteiger partial charge in [0.2, 0.25) is 21.8 Å². The average Bonchev–Trinajstić information content (AvgIpc) is 3.90. The number of nitrogens with one attached hydrogen (secondary N) is 3. The van der Waals surface area contributed by atoms with Crippen molar-refractivity contribution in [2.24, 2.45) is 11.8 Å². The van der Waals surface area contributed by atoms with Gasteiger partial charge in [0, 0.05) is 25.4 Å². The molecule has 3 heterocycles. The van der Waals surface area contributed by atoms with E-state index in [1.807, 2.05) is 12.1 Å². The van der Waals surface area contributed by atoms with Crippen LogP contribution < -0.4 is 15.4 Å². The largest absolute Gasteiger partial charge is 0.450 e. The molecule has 1 saturated heterocycles. The maximum atomic E-state index is 14.5. The summed E-state index contributed by atoms with van der Waals surface area (Å²) in [5, 5.41) is 4.94. The molecule has 4 bridgehead atoms. The van der Waals surface area contributed by atoms with E-state index in [4.69, 9.17) is 9.47 Å². The van der Waals surface area contributed by atoms with Gasteiger partial charge in [-0.1, -0.05) is 50.0 Å². The van der Waals surface area contributed by atoms with Crippen molar-refractivity contribution in [1.29, 1.82) is 0 Å². The number of carbonyl (C=O) groups is 5. The van der Waals surface area contributed by atoms with Gasteiger partial charge in [0.05, 0.1) is 18.4 Å². The van der Waals surface area contributed by atoms with Crippen LogP contribution in [0.3, 0.4) is 0 Å². The lowest BCUT2D eigenvalue weighted by atomic mass is 9.96. The first kappa shape index (κ1) is 36.2. The second kappa shape index (κ2) is 14.7. The maximum absolute atomic E-state index is 14.5. The predicted octanol–water partition coefficient (Wildman–Crippen LogP) is 3.18. The third-order valence-electron chi connectivity index (χ3n) is 11.7. The highest BCUT2D eigenvalue weighted by atomic mass is 32.2. The van der Waals surface area contributed by atoms with Gasteiger partial charge in [-0.2, -0.15) is 0 Å². The molecule has 5 amide bonds. The standard InChI is InChI=1S/C37H49N5O9S/c1-2-26-19-37(26,34(45)40-52(48,49)28-15-16-28)39-32(43)30-18-27-21-42(30)33(44)31(24-11-6-7-12-24)38-35(46)50-17-8-4-3-5-10-23-13-9-14-25-20-41(22-29(23)25)36(47)51-27/h2,9,13-14,24,26-28,30-31H,1,3-8,10-12,15-22H2,(H,38,46)(H,39,43)(H,40,45)/t26-,27+,30-,31-,37+/m0/s1. The van der Waals surface area contributed by atoms with Crippen LogP contribution in [0.2, 0.25) is 0 Å². The van der Waals surface area contributed by atoms with Gasteiger partial charge in [0.1, 0.15) is 23.7 Å². The van der Waals surface area contributed by atoms with Gasteiger partial charge in [-0.15, -0.1) is 6.58 Å². The Morgan fingerprint density at radius 1 is 0.981 bits per heavy atom. The highest BCUT2D eigenvalue weighted by Gasteiger charge is 2.62. The zero-order valence-electron chi connectivity index (χ0n) is 29.5. The Balaban J connectivity index is 1.15. The summed E-state index contributed by atoms with van der Waals surface area (Å²) >= 11 is 0. The van der Waals surface area contributed by atoms with Crippen LogP contribution in [0, 0.1) is 11.8 Å². The van der Waals surface area contributed by atoms with Crippen molar-refractivity contribution in [2.75, 3.05) is 13.2 Å². The average molecular weight is 740 g/mol. The summed E-state index contributed by atoms with van der Waals surface area (Å²) in [6, 6.07) is 3.96. The fourth-order valence-corrected chi connectivity index (χ4v) is 9.79. The summed E-state index contributed by atoms with van der Waals surface area (Å²) in [7, 11) is -3.90. The zero-order valence-corrected chi connectivity index (χ0v) is 30.3. The molecule has 7 rings (SSSR count). The van der Waals surface area contributed by atoms with Crippen molar-refractivity contribution in [2.45, 2.75) is 126 Å². The van der Waals surface area contributed by atoms with E-state index in [2.05, 4.69) is 28.0 Å². The van der Waals surface area contributed by atoms with Gasteiger partial charge in [-0.05, 0) is 74.0 Å². The fraction of sp³-hybridized carbons (Fsp3) is 0.649. The molecule has 1 aromatic rings. The third-order valence-corrected chi connectivity index (χ3v) is 13.5. The van der Waals surface area contributed by atoms with Gasteiger partial charge < -0.3 is 25.0 Å². The van der Waals surface area contributed by atoms with E-state index in [1.54, 1.807) is 4.90 Å². The lowest BCUT2D eigenvalue weighted by molar-refractivity contribution is -0.142. The van der Waals surface area contributed by atoms with Crippen molar-refractivity contribution in [3.63, 3.8) is 0 Å². The number of nitrogens with zero attached hydrogens (tertiary/aromatic N) is 2. The molecule has 3 aliphatic heterocycles. The molecular formula is C37H49N5O9S. The van der Waals surface area contributed by atoms with Crippen molar-refractivity contribution >= 4 is 39.9 Å². The number of amides is 5. The smallest absolute Gasteiger partial charge is 0.410 e. The summed E-state index contributed by atoms with van der Waals surface area (Å²) in [5.74, 6) is -2.73. The van der Waals surface area contributed by atoms with Gasteiger partial charge in [-0.3, -0.25) is 24.0 Å². The first-order valence-corrected chi connectivity index (χ1v) is 20.3. The molecule has 4 fully saturated rings. The third kappa shape index (κ3) is 7.51. The highest BCUT2D eigenvalue weighted by Crippen LogP contribution is 2.45. The maximum Gasteiger partial charge on any atom is 0.410 e. The Kier molecular flexibility index (Phi) is 10.2. The second-order valence-corrected chi connectivity index (χ2v) is 17.3. The van der Waals surface area contributed by atoms with Gasteiger partial charge in [0.15, 0.2) is 0 Å². The van der Waals surface area contributed by atoms with Crippen molar-refractivity contribution in [3.8, 4) is 0 Å². The number of cyclic esters (lactones) is 1. The molecule has 3 saturated carbocycles. The van der Waals surface area contributed by atoms with E-state index in [-0.39, 0.29) is 31.9 Å². The summed E-state index contributed by atoms with van der Waals surface area (Å²) in [6.07, 6.45) is 7.92. The molecule has 0 spiro atoms. The van der Waals surface area contributed by atoms with Crippen molar-refractivity contribution in [3.05, 3.63) is 47.5 Å². The fourth-order valence-electron chi connectivity index (χ4n) is 8.42. The lowest BCUT2D eigenvalue weighted by Crippen LogP contribution is -2.59. The van der Waals surface area contributed by atoms with Crippen LogP contribution in [0.4, 0.5) is 9.59 Å². The lowest BCUT2D eigenvalue weighted by Gasteiger charge is -2.32. The molecule has 52 heavy (non-hydrogen) atoms. The van der Waals surface area contributed by atoms with Crippen LogP contribution in [0.5, 0.6) is 0 Å². The predicted molar refractivity (Wildman–Crippen MR) is 188 cm³/mol. The molecule has 0 aromatic heterocycles. The Bertz CT molecular complexity index is 1720. The monoisotopic (exact) mass is 739 g/mol. The molecule has 5 atom stereocenters. The number of alkyl carbamates (subject to hydrolysis) is 1.